The molecule has 3 heterocycles. The summed E-state index contributed by atoms with van der Waals surface area (Å²) in [6.45, 7) is 4.29. The lowest BCUT2D eigenvalue weighted by molar-refractivity contribution is 0.0942. The number of anilines is 2. The summed E-state index contributed by atoms with van der Waals surface area (Å²) >= 11 is 0. The second kappa shape index (κ2) is 6.63. The van der Waals surface area contributed by atoms with Crippen LogP contribution in [0.4, 0.5) is 11.5 Å². The zero-order valence-electron chi connectivity index (χ0n) is 14.8. The van der Waals surface area contributed by atoms with Crippen molar-refractivity contribution in [2.75, 3.05) is 4.90 Å². The Morgan fingerprint density at radius 2 is 2.12 bits per heavy atom. The molecule has 4 rings (SSSR count). The highest BCUT2D eigenvalue weighted by atomic mass is 16.3. The lowest BCUT2D eigenvalue weighted by Crippen LogP contribution is -2.28. The summed E-state index contributed by atoms with van der Waals surface area (Å²) in [7, 11) is 0. The van der Waals surface area contributed by atoms with Crippen molar-refractivity contribution < 1.29 is 9.21 Å². The van der Waals surface area contributed by atoms with Crippen LogP contribution in [-0.2, 0) is 13.0 Å². The average Bonchev–Trinajstić information content (AvgIpc) is 3.25. The maximum absolute atomic E-state index is 12.5. The third kappa shape index (κ3) is 3.06. The maximum atomic E-state index is 12.5. The number of furan rings is 1. The number of aryl methyl sites for hydroxylation is 1. The number of carbonyl (C=O) groups excluding carboxylic acids is 1. The summed E-state index contributed by atoms with van der Waals surface area (Å²) in [5, 5.41) is 2.84. The number of aromatic nitrogens is 2. The SMILES string of the molecule is Cc1nc(C(=O)NCc2ccco2)cc(N2c3ccccc3CC2C)n1. The van der Waals surface area contributed by atoms with Gasteiger partial charge in [-0.15, -0.1) is 0 Å². The van der Waals surface area contributed by atoms with Crippen molar-refractivity contribution in [3.63, 3.8) is 0 Å². The molecule has 1 N–H and O–H groups in total. The van der Waals surface area contributed by atoms with Gasteiger partial charge in [0.25, 0.3) is 5.91 Å². The highest BCUT2D eigenvalue weighted by molar-refractivity contribution is 5.93. The van der Waals surface area contributed by atoms with E-state index < -0.39 is 0 Å². The van der Waals surface area contributed by atoms with Crippen LogP contribution < -0.4 is 10.2 Å². The number of benzene rings is 1. The van der Waals surface area contributed by atoms with Gasteiger partial charge in [-0.3, -0.25) is 4.79 Å². The van der Waals surface area contributed by atoms with Gasteiger partial charge in [0.2, 0.25) is 0 Å². The fraction of sp³-hybridized carbons (Fsp3) is 0.250. The van der Waals surface area contributed by atoms with Crippen molar-refractivity contribution in [2.24, 2.45) is 0 Å². The van der Waals surface area contributed by atoms with Crippen LogP contribution in [0.5, 0.6) is 0 Å². The Morgan fingerprint density at radius 1 is 1.27 bits per heavy atom. The van der Waals surface area contributed by atoms with E-state index in [1.807, 2.05) is 18.2 Å². The number of nitrogens with zero attached hydrogens (tertiary/aromatic N) is 3. The molecule has 6 nitrogen and oxygen atoms in total. The first-order chi connectivity index (χ1) is 12.6. The number of hydrogen-bond donors (Lipinski definition) is 1. The van der Waals surface area contributed by atoms with Crippen LogP contribution in [-0.4, -0.2) is 21.9 Å². The van der Waals surface area contributed by atoms with Crippen molar-refractivity contribution >= 4 is 17.4 Å². The predicted octanol–water partition coefficient (Wildman–Crippen LogP) is 3.39. The number of hydrogen-bond acceptors (Lipinski definition) is 5. The molecule has 0 saturated heterocycles. The number of nitrogens with one attached hydrogen (secondary N) is 1. The highest BCUT2D eigenvalue weighted by Crippen LogP contribution is 2.37. The fourth-order valence-corrected chi connectivity index (χ4v) is 3.38. The van der Waals surface area contributed by atoms with Crippen molar-refractivity contribution in [3.8, 4) is 0 Å². The topological polar surface area (TPSA) is 71.3 Å². The van der Waals surface area contributed by atoms with Crippen LogP contribution in [0.15, 0.2) is 53.1 Å². The normalized spacial score (nSPS) is 15.8. The Hall–Kier alpha value is -3.15. The smallest absolute Gasteiger partial charge is 0.270 e. The number of rotatable bonds is 4. The molecular formula is C20H20N4O2. The highest BCUT2D eigenvalue weighted by Gasteiger charge is 2.28. The Morgan fingerprint density at radius 3 is 2.92 bits per heavy atom. The molecule has 0 aliphatic carbocycles. The predicted molar refractivity (Wildman–Crippen MR) is 98.4 cm³/mol. The largest absolute Gasteiger partial charge is 0.467 e. The molecule has 1 atom stereocenters. The van der Waals surface area contributed by atoms with Gasteiger partial charge in [-0.2, -0.15) is 0 Å². The van der Waals surface area contributed by atoms with E-state index in [0.29, 0.717) is 23.8 Å². The Kier molecular flexibility index (Phi) is 4.16. The van der Waals surface area contributed by atoms with Crippen LogP contribution in [0.1, 0.15) is 34.6 Å². The van der Waals surface area contributed by atoms with Crippen LogP contribution in [0.3, 0.4) is 0 Å². The Balaban J connectivity index is 1.61. The van der Waals surface area contributed by atoms with E-state index in [1.165, 1.54) is 5.56 Å². The zero-order chi connectivity index (χ0) is 18.1. The van der Waals surface area contributed by atoms with Crippen molar-refractivity contribution in [1.29, 1.82) is 0 Å². The van der Waals surface area contributed by atoms with Crippen molar-refractivity contribution in [3.05, 3.63) is 71.6 Å². The second-order valence-electron chi connectivity index (χ2n) is 6.47. The molecule has 0 bridgehead atoms. The van der Waals surface area contributed by atoms with E-state index >= 15 is 0 Å². The van der Waals surface area contributed by atoms with E-state index in [0.717, 1.165) is 17.9 Å². The Labute approximate surface area is 151 Å². The molecule has 3 aromatic rings. The summed E-state index contributed by atoms with van der Waals surface area (Å²) < 4.78 is 5.25. The molecule has 0 radical (unpaired) electrons. The third-order valence-corrected chi connectivity index (χ3v) is 4.51. The molecule has 132 valence electrons. The lowest BCUT2D eigenvalue weighted by Gasteiger charge is -2.24. The zero-order valence-corrected chi connectivity index (χ0v) is 14.8. The number of carbonyl (C=O) groups is 1. The number of fused-ring (bicyclic) bond motifs is 1. The van der Waals surface area contributed by atoms with Crippen molar-refractivity contribution in [1.82, 2.24) is 15.3 Å². The van der Waals surface area contributed by atoms with Gasteiger partial charge in [-0.25, -0.2) is 9.97 Å². The van der Waals surface area contributed by atoms with Gasteiger partial charge in [0.15, 0.2) is 0 Å². The average molecular weight is 348 g/mol. The lowest BCUT2D eigenvalue weighted by atomic mass is 10.1. The molecule has 26 heavy (non-hydrogen) atoms. The van der Waals surface area contributed by atoms with Crippen LogP contribution in [0.25, 0.3) is 0 Å². The van der Waals surface area contributed by atoms with E-state index in [2.05, 4.69) is 39.2 Å². The van der Waals surface area contributed by atoms with E-state index in [4.69, 9.17) is 4.42 Å². The molecule has 0 saturated carbocycles. The van der Waals surface area contributed by atoms with Crippen molar-refractivity contribution in [2.45, 2.75) is 32.9 Å². The molecule has 1 aliphatic heterocycles. The monoisotopic (exact) mass is 348 g/mol. The second-order valence-corrected chi connectivity index (χ2v) is 6.47. The van der Waals surface area contributed by atoms with Crippen LogP contribution in [0.2, 0.25) is 0 Å². The summed E-state index contributed by atoms with van der Waals surface area (Å²) in [4.78, 5) is 23.6. The summed E-state index contributed by atoms with van der Waals surface area (Å²) in [5.41, 5.74) is 2.79. The molecule has 1 aliphatic rings. The number of amides is 1. The minimum atomic E-state index is -0.242. The maximum Gasteiger partial charge on any atom is 0.270 e. The molecular weight excluding hydrogens is 328 g/mol. The molecule has 1 amide bonds. The third-order valence-electron chi connectivity index (χ3n) is 4.51. The van der Waals surface area contributed by atoms with Crippen LogP contribution >= 0.6 is 0 Å². The molecule has 6 heteroatoms. The van der Waals surface area contributed by atoms with Gasteiger partial charge >= 0.3 is 0 Å². The first-order valence-electron chi connectivity index (χ1n) is 8.65. The standard InChI is InChI=1S/C20H20N4O2/c1-13-10-15-6-3-4-8-18(15)24(13)19-11-17(22-14(2)23-19)20(25)21-12-16-7-5-9-26-16/h3-9,11,13H,10,12H2,1-2H3,(H,21,25). The Bertz CT molecular complexity index is 937. The molecule has 0 spiro atoms. The van der Waals surface area contributed by atoms with Gasteiger partial charge in [0, 0.05) is 17.8 Å². The van der Waals surface area contributed by atoms with Gasteiger partial charge in [0.1, 0.15) is 23.1 Å². The van der Waals surface area contributed by atoms with Gasteiger partial charge < -0.3 is 14.6 Å². The van der Waals surface area contributed by atoms with E-state index in [-0.39, 0.29) is 11.9 Å². The molecule has 1 aromatic carbocycles. The minimum Gasteiger partial charge on any atom is -0.467 e. The van der Waals surface area contributed by atoms with E-state index in [9.17, 15) is 4.79 Å². The molecule has 0 fully saturated rings. The van der Waals surface area contributed by atoms with Gasteiger partial charge in [0.05, 0.1) is 12.8 Å². The first-order valence-corrected chi connectivity index (χ1v) is 8.65. The van der Waals surface area contributed by atoms with Gasteiger partial charge in [-0.05, 0) is 44.0 Å². The van der Waals surface area contributed by atoms with Gasteiger partial charge in [-0.1, -0.05) is 18.2 Å². The summed E-state index contributed by atoms with van der Waals surface area (Å²) in [6.07, 6.45) is 2.54. The fourth-order valence-electron chi connectivity index (χ4n) is 3.38. The quantitative estimate of drug-likeness (QED) is 0.782. The van der Waals surface area contributed by atoms with E-state index in [1.54, 1.807) is 25.3 Å². The first kappa shape index (κ1) is 16.3. The number of para-hydroxylation sites is 1. The minimum absolute atomic E-state index is 0.242. The molecule has 1 unspecified atom stereocenters. The van der Waals surface area contributed by atoms with Crippen LogP contribution in [0, 0.1) is 6.92 Å². The summed E-state index contributed by atoms with van der Waals surface area (Å²) in [5.74, 6) is 1.78. The molecule has 2 aromatic heterocycles. The summed E-state index contributed by atoms with van der Waals surface area (Å²) in [6, 6.07) is 13.9.